The highest BCUT2D eigenvalue weighted by atomic mass is 16.5. The van der Waals surface area contributed by atoms with Crippen LogP contribution >= 0.6 is 0 Å². The fourth-order valence-electron chi connectivity index (χ4n) is 3.15. The van der Waals surface area contributed by atoms with Crippen LogP contribution in [0.5, 0.6) is 0 Å². The Labute approximate surface area is 113 Å². The number of nitrogens with zero attached hydrogens (tertiary/aromatic N) is 1. The van der Waals surface area contributed by atoms with Crippen LogP contribution in [0.15, 0.2) is 36.9 Å². The Hall–Kier alpha value is -1.58. The minimum Gasteiger partial charge on any atom is -0.364 e. The van der Waals surface area contributed by atoms with Gasteiger partial charge in [-0.15, -0.1) is 6.58 Å². The minimum absolute atomic E-state index is 0.351. The average molecular weight is 256 g/mol. The molecule has 0 saturated heterocycles. The van der Waals surface area contributed by atoms with Gasteiger partial charge < -0.3 is 14.6 Å². The van der Waals surface area contributed by atoms with E-state index in [1.807, 2.05) is 6.08 Å². The van der Waals surface area contributed by atoms with E-state index in [0.29, 0.717) is 12.8 Å². The first-order chi connectivity index (χ1) is 9.36. The summed E-state index contributed by atoms with van der Waals surface area (Å²) in [6.45, 7) is 5.51. The monoisotopic (exact) mass is 256 g/mol. The van der Waals surface area contributed by atoms with Crippen LogP contribution in [0.3, 0.4) is 0 Å². The van der Waals surface area contributed by atoms with Gasteiger partial charge in [0.25, 0.3) is 0 Å². The van der Waals surface area contributed by atoms with Crippen LogP contribution in [0.1, 0.15) is 23.7 Å². The van der Waals surface area contributed by atoms with Crippen LogP contribution in [0, 0.1) is 0 Å². The number of nitrogens with one attached hydrogen (secondary N) is 1. The highest BCUT2D eigenvalue weighted by Crippen LogP contribution is 2.34. The maximum Gasteiger partial charge on any atom is 0.122 e. The van der Waals surface area contributed by atoms with Gasteiger partial charge in [0.1, 0.15) is 6.73 Å². The Morgan fingerprint density at radius 3 is 3.11 bits per heavy atom. The van der Waals surface area contributed by atoms with Crippen LogP contribution in [0.2, 0.25) is 0 Å². The molecule has 0 spiro atoms. The summed E-state index contributed by atoms with van der Waals surface area (Å²) in [6.07, 6.45) is 4.02. The molecule has 0 fully saturated rings. The van der Waals surface area contributed by atoms with Gasteiger partial charge in [0, 0.05) is 18.2 Å². The van der Waals surface area contributed by atoms with Gasteiger partial charge in [-0.1, -0.05) is 24.3 Å². The van der Waals surface area contributed by atoms with E-state index < -0.39 is 0 Å². The van der Waals surface area contributed by atoms with Crippen molar-refractivity contribution < 1.29 is 4.74 Å². The zero-order chi connectivity index (χ0) is 13.2. The number of rotatable bonds is 4. The van der Waals surface area contributed by atoms with Crippen molar-refractivity contribution in [2.24, 2.45) is 0 Å². The first kappa shape index (κ1) is 12.5. The number of para-hydroxylation sites is 1. The van der Waals surface area contributed by atoms with Gasteiger partial charge in [0.2, 0.25) is 0 Å². The van der Waals surface area contributed by atoms with Gasteiger partial charge in [-0.25, -0.2) is 0 Å². The van der Waals surface area contributed by atoms with Crippen molar-refractivity contribution in [3.05, 3.63) is 48.2 Å². The van der Waals surface area contributed by atoms with Crippen molar-refractivity contribution >= 4 is 10.9 Å². The number of benzene rings is 1. The quantitative estimate of drug-likeness (QED) is 0.851. The summed E-state index contributed by atoms with van der Waals surface area (Å²) in [5.74, 6) is 0. The molecule has 3 rings (SSSR count). The number of fused-ring (bicyclic) bond motifs is 3. The fourth-order valence-corrected chi connectivity index (χ4v) is 3.15. The summed E-state index contributed by atoms with van der Waals surface area (Å²) in [6, 6.07) is 8.96. The van der Waals surface area contributed by atoms with Crippen molar-refractivity contribution in [2.45, 2.75) is 25.6 Å². The molecule has 0 amide bonds. The second-order valence-corrected chi connectivity index (χ2v) is 5.01. The Balaban J connectivity index is 2.23. The molecule has 1 atom stereocenters. The molecule has 1 aromatic heterocycles. The number of methoxy groups -OCH3 is 1. The lowest BCUT2D eigenvalue weighted by Gasteiger charge is -2.26. The molecule has 0 saturated carbocycles. The van der Waals surface area contributed by atoms with Crippen LogP contribution < -0.4 is 5.32 Å². The van der Waals surface area contributed by atoms with Gasteiger partial charge in [-0.3, -0.25) is 0 Å². The standard InChI is InChI=1S/C16H20N2O/c1-3-6-14-16-13(9-10-17-14)12-7-4-5-8-15(12)18(16)11-19-2/h3-5,7-8,14,17H,1,6,9-11H2,2H3. The van der Waals surface area contributed by atoms with Crippen LogP contribution in [-0.4, -0.2) is 18.2 Å². The van der Waals surface area contributed by atoms with Gasteiger partial charge in [0.05, 0.1) is 11.6 Å². The molecule has 3 nitrogen and oxygen atoms in total. The lowest BCUT2D eigenvalue weighted by molar-refractivity contribution is 0.130. The number of hydrogen-bond acceptors (Lipinski definition) is 2. The summed E-state index contributed by atoms with van der Waals surface area (Å²) in [5.41, 5.74) is 4.11. The molecule has 19 heavy (non-hydrogen) atoms. The smallest absolute Gasteiger partial charge is 0.122 e. The predicted octanol–water partition coefficient (Wildman–Crippen LogP) is 3.01. The molecule has 2 aromatic rings. The summed E-state index contributed by atoms with van der Waals surface area (Å²) >= 11 is 0. The largest absolute Gasteiger partial charge is 0.364 e. The second kappa shape index (κ2) is 5.19. The van der Waals surface area contributed by atoms with Crippen LogP contribution in [0.4, 0.5) is 0 Å². The fraction of sp³-hybridized carbons (Fsp3) is 0.375. The first-order valence-corrected chi connectivity index (χ1v) is 6.80. The number of ether oxygens (including phenoxy) is 1. The molecular formula is C16H20N2O. The Kier molecular flexibility index (Phi) is 3.40. The molecule has 0 radical (unpaired) electrons. The molecule has 1 N–H and O–H groups in total. The molecule has 0 aliphatic carbocycles. The predicted molar refractivity (Wildman–Crippen MR) is 78.2 cm³/mol. The molecule has 100 valence electrons. The van der Waals surface area contributed by atoms with E-state index in [2.05, 4.69) is 40.7 Å². The molecule has 0 bridgehead atoms. The van der Waals surface area contributed by atoms with Crippen molar-refractivity contribution in [2.75, 3.05) is 13.7 Å². The van der Waals surface area contributed by atoms with E-state index in [-0.39, 0.29) is 0 Å². The van der Waals surface area contributed by atoms with Crippen molar-refractivity contribution in [3.63, 3.8) is 0 Å². The van der Waals surface area contributed by atoms with E-state index in [1.165, 1.54) is 22.2 Å². The van der Waals surface area contributed by atoms with E-state index >= 15 is 0 Å². The van der Waals surface area contributed by atoms with Crippen LogP contribution in [0.25, 0.3) is 10.9 Å². The highest BCUT2D eigenvalue weighted by Gasteiger charge is 2.26. The second-order valence-electron chi connectivity index (χ2n) is 5.01. The molecule has 1 aromatic carbocycles. The van der Waals surface area contributed by atoms with Gasteiger partial charge >= 0.3 is 0 Å². The minimum atomic E-state index is 0.351. The summed E-state index contributed by atoms with van der Waals surface area (Å²) in [4.78, 5) is 0. The van der Waals surface area contributed by atoms with Crippen molar-refractivity contribution in [3.8, 4) is 0 Å². The SMILES string of the molecule is C=CCC1NCCc2c1n(COC)c1ccccc21. The number of aromatic nitrogens is 1. The zero-order valence-electron chi connectivity index (χ0n) is 11.4. The summed E-state index contributed by atoms with van der Waals surface area (Å²) in [5, 5.41) is 4.95. The van der Waals surface area contributed by atoms with Crippen LogP contribution in [-0.2, 0) is 17.9 Å². The molecule has 1 aliphatic rings. The molecule has 1 unspecified atom stereocenters. The third kappa shape index (κ3) is 1.99. The number of hydrogen-bond donors (Lipinski definition) is 1. The molecule has 2 heterocycles. The van der Waals surface area contributed by atoms with Gasteiger partial charge in [-0.2, -0.15) is 0 Å². The third-order valence-electron chi connectivity index (χ3n) is 3.88. The van der Waals surface area contributed by atoms with Gasteiger partial charge in [-0.05, 0) is 31.0 Å². The van der Waals surface area contributed by atoms with E-state index in [4.69, 9.17) is 4.74 Å². The lowest BCUT2D eigenvalue weighted by atomic mass is 9.97. The normalized spacial score (nSPS) is 18.5. The summed E-state index contributed by atoms with van der Waals surface area (Å²) < 4.78 is 7.69. The molecular weight excluding hydrogens is 236 g/mol. The topological polar surface area (TPSA) is 26.2 Å². The van der Waals surface area contributed by atoms with E-state index in [0.717, 1.165) is 19.4 Å². The molecule has 3 heteroatoms. The van der Waals surface area contributed by atoms with Crippen molar-refractivity contribution in [1.82, 2.24) is 9.88 Å². The van der Waals surface area contributed by atoms with Gasteiger partial charge in [0.15, 0.2) is 0 Å². The maximum atomic E-state index is 5.40. The van der Waals surface area contributed by atoms with Crippen molar-refractivity contribution in [1.29, 1.82) is 0 Å². The first-order valence-electron chi connectivity index (χ1n) is 6.80. The average Bonchev–Trinajstić information content (AvgIpc) is 2.76. The zero-order valence-corrected chi connectivity index (χ0v) is 11.4. The summed E-state index contributed by atoms with van der Waals surface area (Å²) in [7, 11) is 1.75. The lowest BCUT2D eigenvalue weighted by Crippen LogP contribution is -2.31. The highest BCUT2D eigenvalue weighted by molar-refractivity contribution is 5.86. The Bertz CT molecular complexity index is 600. The van der Waals surface area contributed by atoms with E-state index in [9.17, 15) is 0 Å². The Morgan fingerprint density at radius 2 is 2.32 bits per heavy atom. The molecule has 1 aliphatic heterocycles. The maximum absolute atomic E-state index is 5.40. The Morgan fingerprint density at radius 1 is 1.47 bits per heavy atom. The van der Waals surface area contributed by atoms with E-state index in [1.54, 1.807) is 7.11 Å². The third-order valence-corrected chi connectivity index (χ3v) is 3.88.